The van der Waals surface area contributed by atoms with E-state index in [1.54, 1.807) is 0 Å². The fraction of sp³-hybridized carbons (Fsp3) is 0.947. The summed E-state index contributed by atoms with van der Waals surface area (Å²) in [6.45, 7) is 4.78. The minimum absolute atomic E-state index is 0.0124. The molecule has 4 aliphatic carbocycles. The van der Waals surface area contributed by atoms with E-state index in [4.69, 9.17) is 0 Å². The van der Waals surface area contributed by atoms with Crippen molar-refractivity contribution in [3.05, 3.63) is 0 Å². The number of hydrogen-bond acceptors (Lipinski definition) is 2. The van der Waals surface area contributed by atoms with E-state index in [1.807, 2.05) is 0 Å². The van der Waals surface area contributed by atoms with E-state index >= 15 is 0 Å². The van der Waals surface area contributed by atoms with E-state index < -0.39 is 0 Å². The Bertz CT molecular complexity index is 458. The van der Waals surface area contributed by atoms with Gasteiger partial charge in [0, 0.05) is 11.8 Å². The molecule has 4 fully saturated rings. The first kappa shape index (κ1) is 14.2. The smallest absolute Gasteiger partial charge is 0.139 e. The zero-order valence-corrected chi connectivity index (χ0v) is 13.6. The minimum atomic E-state index is -0.0541. The van der Waals surface area contributed by atoms with E-state index in [9.17, 15) is 9.90 Å². The van der Waals surface area contributed by atoms with Gasteiger partial charge in [0.05, 0.1) is 6.10 Å². The normalized spacial score (nSPS) is 56.5. The summed E-state index contributed by atoms with van der Waals surface area (Å²) in [6, 6.07) is 0. The second kappa shape index (κ2) is 4.57. The van der Waals surface area contributed by atoms with Gasteiger partial charge >= 0.3 is 0 Å². The molecular weight excluding hydrogens is 260 g/mol. The molecule has 118 valence electrons. The quantitative estimate of drug-likeness (QED) is 0.733. The van der Waals surface area contributed by atoms with Gasteiger partial charge in [0.2, 0.25) is 0 Å². The Labute approximate surface area is 128 Å². The molecule has 0 radical (unpaired) electrons. The van der Waals surface area contributed by atoms with E-state index in [1.165, 1.54) is 25.7 Å². The molecule has 0 aromatic heterocycles. The number of carbonyl (C=O) groups excluding carboxylic acids is 1. The van der Waals surface area contributed by atoms with Gasteiger partial charge in [-0.1, -0.05) is 13.8 Å². The first-order valence-corrected chi connectivity index (χ1v) is 9.16. The highest BCUT2D eigenvalue weighted by molar-refractivity contribution is 5.87. The lowest BCUT2D eigenvalue weighted by molar-refractivity contribution is -0.142. The summed E-state index contributed by atoms with van der Waals surface area (Å²) in [6.07, 6.45) is 10.1. The van der Waals surface area contributed by atoms with Crippen LogP contribution in [-0.2, 0) is 4.79 Å². The van der Waals surface area contributed by atoms with Gasteiger partial charge in [-0.15, -0.1) is 0 Å². The van der Waals surface area contributed by atoms with Gasteiger partial charge in [0.25, 0.3) is 0 Å². The lowest BCUT2D eigenvalue weighted by Crippen LogP contribution is -2.54. The lowest BCUT2D eigenvalue weighted by atomic mass is 9.45. The molecule has 0 saturated heterocycles. The molecular formula is C19H30O2. The van der Waals surface area contributed by atoms with Crippen LogP contribution in [-0.4, -0.2) is 17.0 Å². The summed E-state index contributed by atoms with van der Waals surface area (Å²) >= 11 is 0. The third kappa shape index (κ3) is 1.84. The molecule has 0 spiro atoms. The van der Waals surface area contributed by atoms with E-state index in [2.05, 4.69) is 13.8 Å². The lowest BCUT2D eigenvalue weighted by Gasteiger charge is -2.60. The zero-order valence-electron chi connectivity index (χ0n) is 13.6. The molecule has 0 aromatic carbocycles. The molecule has 4 aliphatic rings. The van der Waals surface area contributed by atoms with Crippen molar-refractivity contribution in [2.75, 3.05) is 0 Å². The Kier molecular flexibility index (Phi) is 3.10. The van der Waals surface area contributed by atoms with Gasteiger partial charge in [-0.25, -0.2) is 0 Å². The van der Waals surface area contributed by atoms with Gasteiger partial charge in [0.1, 0.15) is 5.78 Å². The van der Waals surface area contributed by atoms with Crippen LogP contribution in [0.1, 0.15) is 71.6 Å². The number of carbonyl (C=O) groups is 1. The highest BCUT2D eigenvalue weighted by Gasteiger charge is 2.60. The summed E-state index contributed by atoms with van der Waals surface area (Å²) in [5.74, 6) is 3.54. The molecule has 0 heterocycles. The van der Waals surface area contributed by atoms with Crippen molar-refractivity contribution in [1.82, 2.24) is 0 Å². The number of Topliss-reactive ketones (excluding diaryl/α,β-unsaturated/α-hetero) is 1. The average molecular weight is 290 g/mol. The molecule has 4 rings (SSSR count). The van der Waals surface area contributed by atoms with Crippen molar-refractivity contribution in [1.29, 1.82) is 0 Å². The van der Waals surface area contributed by atoms with E-state index in [0.29, 0.717) is 17.1 Å². The number of ketones is 1. The van der Waals surface area contributed by atoms with Crippen molar-refractivity contribution in [3.8, 4) is 0 Å². The second-order valence-electron chi connectivity index (χ2n) is 9.00. The standard InChI is InChI=1S/C19H30O2/c1-18-9-7-13(20)11-12(18)3-4-14-15-5-6-17(21)19(15,2)10-8-16(14)18/h12-16,20H,3-11H2,1-2H3/t12-,13+,14?,15+,16?,18+,19+/m1/s1. The Hall–Kier alpha value is -0.370. The number of hydrogen-bond donors (Lipinski definition) is 1. The fourth-order valence-corrected chi connectivity index (χ4v) is 7.01. The topological polar surface area (TPSA) is 37.3 Å². The summed E-state index contributed by atoms with van der Waals surface area (Å²) in [4.78, 5) is 12.4. The number of aliphatic hydroxyl groups excluding tert-OH is 1. The Morgan fingerprint density at radius 1 is 1.00 bits per heavy atom. The van der Waals surface area contributed by atoms with Crippen LogP contribution in [0.25, 0.3) is 0 Å². The van der Waals surface area contributed by atoms with Gasteiger partial charge in [-0.05, 0) is 80.5 Å². The summed E-state index contributed by atoms with van der Waals surface area (Å²) in [5.41, 5.74) is 0.452. The van der Waals surface area contributed by atoms with Crippen molar-refractivity contribution < 1.29 is 9.90 Å². The van der Waals surface area contributed by atoms with E-state index in [0.717, 1.165) is 49.9 Å². The van der Waals surface area contributed by atoms with Crippen LogP contribution in [0.3, 0.4) is 0 Å². The SMILES string of the molecule is C[C@]12CCC3C(CC[C@@H]4C[C@@H](O)CC[C@]34C)[C@@H]1CCC2=O. The predicted molar refractivity (Wildman–Crippen MR) is 82.7 cm³/mol. The Morgan fingerprint density at radius 3 is 2.62 bits per heavy atom. The maximum atomic E-state index is 12.4. The predicted octanol–water partition coefficient (Wildman–Crippen LogP) is 3.96. The number of aliphatic hydroxyl groups is 1. The van der Waals surface area contributed by atoms with Crippen LogP contribution in [0.2, 0.25) is 0 Å². The second-order valence-corrected chi connectivity index (χ2v) is 9.00. The van der Waals surface area contributed by atoms with Crippen molar-refractivity contribution >= 4 is 5.78 Å². The maximum absolute atomic E-state index is 12.4. The van der Waals surface area contributed by atoms with Crippen LogP contribution in [0.4, 0.5) is 0 Å². The average Bonchev–Trinajstić information content (AvgIpc) is 2.76. The largest absolute Gasteiger partial charge is 0.393 e. The van der Waals surface area contributed by atoms with Crippen molar-refractivity contribution in [2.24, 2.45) is 34.5 Å². The molecule has 0 bridgehead atoms. The zero-order chi connectivity index (χ0) is 14.8. The summed E-state index contributed by atoms with van der Waals surface area (Å²) < 4.78 is 0. The molecule has 2 unspecified atom stereocenters. The van der Waals surface area contributed by atoms with Gasteiger partial charge in [-0.3, -0.25) is 4.79 Å². The third-order valence-corrected chi connectivity index (χ3v) is 8.35. The highest BCUT2D eigenvalue weighted by atomic mass is 16.3. The molecule has 2 heteroatoms. The van der Waals surface area contributed by atoms with Gasteiger partial charge in [0.15, 0.2) is 0 Å². The monoisotopic (exact) mass is 290 g/mol. The van der Waals surface area contributed by atoms with Crippen molar-refractivity contribution in [2.45, 2.75) is 77.7 Å². The molecule has 0 aromatic rings. The molecule has 7 atom stereocenters. The van der Waals surface area contributed by atoms with Crippen LogP contribution < -0.4 is 0 Å². The van der Waals surface area contributed by atoms with Crippen LogP contribution in [0, 0.1) is 34.5 Å². The Morgan fingerprint density at radius 2 is 1.81 bits per heavy atom. The molecule has 1 N–H and O–H groups in total. The van der Waals surface area contributed by atoms with Gasteiger partial charge in [-0.2, -0.15) is 0 Å². The van der Waals surface area contributed by atoms with Crippen LogP contribution >= 0.6 is 0 Å². The number of rotatable bonds is 0. The molecule has 21 heavy (non-hydrogen) atoms. The highest BCUT2D eigenvalue weighted by Crippen LogP contribution is 2.65. The molecule has 4 saturated carbocycles. The summed E-state index contributed by atoms with van der Waals surface area (Å²) in [5, 5.41) is 10.0. The van der Waals surface area contributed by atoms with Crippen molar-refractivity contribution in [3.63, 3.8) is 0 Å². The van der Waals surface area contributed by atoms with Crippen LogP contribution in [0.15, 0.2) is 0 Å². The van der Waals surface area contributed by atoms with Gasteiger partial charge < -0.3 is 5.11 Å². The fourth-order valence-electron chi connectivity index (χ4n) is 7.01. The van der Waals surface area contributed by atoms with Crippen LogP contribution in [0.5, 0.6) is 0 Å². The summed E-state index contributed by atoms with van der Waals surface area (Å²) in [7, 11) is 0. The first-order chi connectivity index (χ1) is 9.95. The minimum Gasteiger partial charge on any atom is -0.393 e. The maximum Gasteiger partial charge on any atom is 0.139 e. The Balaban J connectivity index is 1.64. The first-order valence-electron chi connectivity index (χ1n) is 9.16. The third-order valence-electron chi connectivity index (χ3n) is 8.35. The number of fused-ring (bicyclic) bond motifs is 5. The van der Waals surface area contributed by atoms with E-state index in [-0.39, 0.29) is 11.5 Å². The molecule has 0 amide bonds. The molecule has 0 aliphatic heterocycles. The molecule has 2 nitrogen and oxygen atoms in total.